The first-order valence-corrected chi connectivity index (χ1v) is 8.35. The Labute approximate surface area is 143 Å². The van der Waals surface area contributed by atoms with Crippen molar-refractivity contribution in [2.75, 3.05) is 5.32 Å². The highest BCUT2D eigenvalue weighted by molar-refractivity contribution is 7.12. The van der Waals surface area contributed by atoms with Gasteiger partial charge in [-0.05, 0) is 42.8 Å². The number of carbonyl (C=O) groups excluding carboxylic acids is 1. The van der Waals surface area contributed by atoms with Crippen molar-refractivity contribution < 1.29 is 14.3 Å². The first-order valence-electron chi connectivity index (χ1n) is 7.54. The highest BCUT2D eigenvalue weighted by Gasteiger charge is 2.15. The minimum absolute atomic E-state index is 0.258. The van der Waals surface area contributed by atoms with Gasteiger partial charge in [-0.3, -0.25) is 0 Å². The molecule has 0 aliphatic rings. The molecule has 1 atom stereocenters. The molecule has 2 heterocycles. The van der Waals surface area contributed by atoms with Gasteiger partial charge in [0.1, 0.15) is 11.9 Å². The molecule has 0 bridgehead atoms. The summed E-state index contributed by atoms with van der Waals surface area (Å²) in [6.07, 6.45) is 0.754. The van der Waals surface area contributed by atoms with Crippen molar-refractivity contribution in [2.45, 2.75) is 19.6 Å². The van der Waals surface area contributed by atoms with Crippen LogP contribution in [0.4, 0.5) is 10.5 Å². The van der Waals surface area contributed by atoms with Crippen molar-refractivity contribution >= 4 is 23.1 Å². The number of urea groups is 1. The maximum atomic E-state index is 12.0. The normalized spacial score (nSPS) is 11.9. The van der Waals surface area contributed by atoms with Gasteiger partial charge in [-0.1, -0.05) is 18.2 Å². The van der Waals surface area contributed by atoms with Gasteiger partial charge in [0, 0.05) is 15.4 Å². The fraction of sp³-hybridized carbons (Fsp3) is 0.167. The summed E-state index contributed by atoms with van der Waals surface area (Å²) in [4.78, 5) is 13.7. The lowest BCUT2D eigenvalue weighted by molar-refractivity contribution is 0.193. The maximum absolute atomic E-state index is 12.0. The lowest BCUT2D eigenvalue weighted by Gasteiger charge is -2.09. The van der Waals surface area contributed by atoms with Crippen LogP contribution in [0.1, 0.15) is 27.2 Å². The van der Waals surface area contributed by atoms with Gasteiger partial charge in [0.05, 0.1) is 12.8 Å². The van der Waals surface area contributed by atoms with Gasteiger partial charge in [0.25, 0.3) is 0 Å². The molecule has 0 aliphatic carbocycles. The fourth-order valence-corrected chi connectivity index (χ4v) is 3.22. The third kappa shape index (κ3) is 3.84. The van der Waals surface area contributed by atoms with E-state index in [9.17, 15) is 9.90 Å². The third-order valence-corrected chi connectivity index (χ3v) is 4.72. The number of thiophene rings is 1. The minimum atomic E-state index is -0.778. The van der Waals surface area contributed by atoms with E-state index in [0.717, 1.165) is 21.0 Å². The van der Waals surface area contributed by atoms with Crippen LogP contribution >= 0.6 is 11.3 Å². The van der Waals surface area contributed by atoms with E-state index in [1.165, 1.54) is 17.6 Å². The number of hydrogen-bond acceptors (Lipinski definition) is 4. The number of aryl methyl sites for hydroxylation is 1. The summed E-state index contributed by atoms with van der Waals surface area (Å²) in [5, 5.41) is 15.9. The maximum Gasteiger partial charge on any atom is 0.319 e. The monoisotopic (exact) mass is 342 g/mol. The molecular weight excluding hydrogens is 324 g/mol. The lowest BCUT2D eigenvalue weighted by Crippen LogP contribution is -2.28. The average Bonchev–Trinajstić information content (AvgIpc) is 3.26. The molecule has 2 aromatic heterocycles. The zero-order chi connectivity index (χ0) is 16.9. The molecule has 3 N–H and O–H groups in total. The summed E-state index contributed by atoms with van der Waals surface area (Å²) >= 11 is 1.44. The number of aliphatic hydroxyl groups excluding tert-OH is 1. The molecule has 5 nitrogen and oxygen atoms in total. The molecule has 124 valence electrons. The van der Waals surface area contributed by atoms with Crippen LogP contribution in [0.3, 0.4) is 0 Å². The van der Waals surface area contributed by atoms with Crippen LogP contribution in [0.5, 0.6) is 0 Å². The molecule has 0 aliphatic heterocycles. The molecule has 6 heteroatoms. The van der Waals surface area contributed by atoms with E-state index >= 15 is 0 Å². The zero-order valence-corrected chi connectivity index (χ0v) is 14.0. The molecule has 1 aromatic carbocycles. The van der Waals surface area contributed by atoms with Crippen molar-refractivity contribution in [3.8, 4) is 0 Å². The first kappa shape index (κ1) is 16.3. The summed E-state index contributed by atoms with van der Waals surface area (Å²) in [6.45, 7) is 2.34. The highest BCUT2D eigenvalue weighted by Crippen LogP contribution is 2.28. The summed E-state index contributed by atoms with van der Waals surface area (Å²) in [7, 11) is 0. The van der Waals surface area contributed by atoms with Gasteiger partial charge in [-0.2, -0.15) is 0 Å². The molecule has 0 fully saturated rings. The van der Waals surface area contributed by atoms with Gasteiger partial charge in [0.15, 0.2) is 0 Å². The van der Waals surface area contributed by atoms with Gasteiger partial charge in [-0.15, -0.1) is 11.3 Å². The first-order chi connectivity index (χ1) is 11.6. The van der Waals surface area contributed by atoms with Crippen molar-refractivity contribution in [3.63, 3.8) is 0 Å². The Hall–Kier alpha value is -2.57. The Kier molecular flexibility index (Phi) is 4.98. The predicted molar refractivity (Wildman–Crippen MR) is 94.1 cm³/mol. The average molecular weight is 342 g/mol. The number of para-hydroxylation sites is 1. The van der Waals surface area contributed by atoms with Gasteiger partial charge >= 0.3 is 6.03 Å². The zero-order valence-electron chi connectivity index (χ0n) is 13.2. The van der Waals surface area contributed by atoms with Crippen LogP contribution < -0.4 is 10.6 Å². The van der Waals surface area contributed by atoms with Crippen molar-refractivity contribution in [2.24, 2.45) is 0 Å². The number of aliphatic hydroxyl groups is 1. The number of amides is 2. The molecule has 3 aromatic rings. The second-order valence-corrected chi connectivity index (χ2v) is 6.54. The van der Waals surface area contributed by atoms with Crippen molar-refractivity contribution in [3.05, 3.63) is 75.9 Å². The molecule has 2 amide bonds. The van der Waals surface area contributed by atoms with Crippen LogP contribution in [0.25, 0.3) is 0 Å². The summed E-state index contributed by atoms with van der Waals surface area (Å²) in [5.41, 5.74) is 1.79. The van der Waals surface area contributed by atoms with Gasteiger partial charge in [0.2, 0.25) is 0 Å². The Balaban J connectivity index is 1.55. The molecule has 24 heavy (non-hydrogen) atoms. The summed E-state index contributed by atoms with van der Waals surface area (Å²) in [6, 6.07) is 14.6. The van der Waals surface area contributed by atoms with Crippen LogP contribution in [0.2, 0.25) is 0 Å². The topological polar surface area (TPSA) is 74.5 Å². The molecule has 0 radical (unpaired) electrons. The second-order valence-electron chi connectivity index (χ2n) is 5.34. The SMILES string of the molecule is Cc1ccccc1NC(=O)NCc1ccc([C@H](O)c2ccco2)s1. The quantitative estimate of drug-likeness (QED) is 0.655. The fourth-order valence-electron chi connectivity index (χ4n) is 2.27. The number of nitrogens with one attached hydrogen (secondary N) is 2. The van der Waals surface area contributed by atoms with E-state index in [-0.39, 0.29) is 6.03 Å². The van der Waals surface area contributed by atoms with E-state index in [1.807, 2.05) is 43.3 Å². The Morgan fingerprint density at radius 1 is 1.21 bits per heavy atom. The molecule has 0 spiro atoms. The van der Waals surface area contributed by atoms with E-state index in [2.05, 4.69) is 10.6 Å². The number of furan rings is 1. The molecule has 0 unspecified atom stereocenters. The number of carbonyl (C=O) groups is 1. The minimum Gasteiger partial charge on any atom is -0.466 e. The van der Waals surface area contributed by atoms with Crippen molar-refractivity contribution in [1.29, 1.82) is 0 Å². The number of anilines is 1. The van der Waals surface area contributed by atoms with Gasteiger partial charge in [-0.25, -0.2) is 4.79 Å². The molecule has 0 saturated carbocycles. The van der Waals surface area contributed by atoms with E-state index < -0.39 is 6.10 Å². The number of hydrogen-bond donors (Lipinski definition) is 3. The van der Waals surface area contributed by atoms with Crippen LogP contribution in [-0.4, -0.2) is 11.1 Å². The smallest absolute Gasteiger partial charge is 0.319 e. The van der Waals surface area contributed by atoms with Crippen molar-refractivity contribution in [1.82, 2.24) is 5.32 Å². The van der Waals surface area contributed by atoms with Crippen LogP contribution in [0.15, 0.2) is 59.2 Å². The summed E-state index contributed by atoms with van der Waals surface area (Å²) in [5.74, 6) is 0.508. The number of rotatable bonds is 5. The third-order valence-electron chi connectivity index (χ3n) is 3.58. The molecule has 3 rings (SSSR count). The van der Waals surface area contributed by atoms with Crippen LogP contribution in [-0.2, 0) is 6.54 Å². The molecular formula is C18H18N2O3S. The summed E-state index contributed by atoms with van der Waals surface area (Å²) < 4.78 is 5.21. The largest absolute Gasteiger partial charge is 0.466 e. The standard InChI is InChI=1S/C18H18N2O3S/c1-12-5-2-3-6-14(12)20-18(22)19-11-13-8-9-16(24-13)17(21)15-7-4-10-23-15/h2-10,17,21H,11H2,1H3,(H2,19,20,22)/t17-/m1/s1. The van der Waals surface area contributed by atoms with E-state index in [0.29, 0.717) is 12.3 Å². The predicted octanol–water partition coefficient (Wildman–Crippen LogP) is 4.05. The van der Waals surface area contributed by atoms with Crippen LogP contribution in [0, 0.1) is 6.92 Å². The van der Waals surface area contributed by atoms with E-state index in [1.54, 1.807) is 12.1 Å². The number of benzene rings is 1. The highest BCUT2D eigenvalue weighted by atomic mass is 32.1. The van der Waals surface area contributed by atoms with E-state index in [4.69, 9.17) is 4.42 Å². The Morgan fingerprint density at radius 3 is 2.79 bits per heavy atom. The molecule has 0 saturated heterocycles. The van der Waals surface area contributed by atoms with Gasteiger partial charge < -0.3 is 20.2 Å². The Bertz CT molecular complexity index is 811. The Morgan fingerprint density at radius 2 is 2.04 bits per heavy atom. The second kappa shape index (κ2) is 7.33. The lowest BCUT2D eigenvalue weighted by atomic mass is 10.2.